The fourth-order valence-corrected chi connectivity index (χ4v) is 4.37. The van der Waals surface area contributed by atoms with Crippen LogP contribution < -0.4 is 5.32 Å². The zero-order valence-electron chi connectivity index (χ0n) is 16.4. The number of piperidine rings is 2. The molecule has 0 unspecified atom stereocenters. The second-order valence-electron chi connectivity index (χ2n) is 8.34. The van der Waals surface area contributed by atoms with Gasteiger partial charge in [-0.25, -0.2) is 0 Å². The van der Waals surface area contributed by atoms with E-state index >= 15 is 0 Å². The monoisotopic (exact) mass is 358 g/mol. The molecule has 3 rings (SSSR count). The lowest BCUT2D eigenvalue weighted by Crippen LogP contribution is -2.51. The van der Waals surface area contributed by atoms with E-state index in [0.29, 0.717) is 12.6 Å². The summed E-state index contributed by atoms with van der Waals surface area (Å²) in [4.78, 5) is 21.9. The van der Waals surface area contributed by atoms with Gasteiger partial charge in [0.05, 0.1) is 5.92 Å². The molecule has 0 bridgehead atoms. The van der Waals surface area contributed by atoms with Gasteiger partial charge in [-0.3, -0.25) is 14.7 Å². The maximum absolute atomic E-state index is 12.6. The second kappa shape index (κ2) is 9.47. The van der Waals surface area contributed by atoms with E-state index in [1.807, 2.05) is 18.3 Å². The summed E-state index contributed by atoms with van der Waals surface area (Å²) in [5, 5.41) is 3.11. The summed E-state index contributed by atoms with van der Waals surface area (Å²) in [6, 6.07) is 4.58. The van der Waals surface area contributed by atoms with E-state index < -0.39 is 0 Å². The minimum atomic E-state index is 0.133. The molecule has 1 atom stereocenters. The largest absolute Gasteiger partial charge is 0.352 e. The van der Waals surface area contributed by atoms with E-state index in [4.69, 9.17) is 0 Å². The van der Waals surface area contributed by atoms with E-state index in [-0.39, 0.29) is 11.8 Å². The van der Waals surface area contributed by atoms with Crippen LogP contribution in [-0.2, 0) is 11.3 Å². The number of pyridine rings is 1. The number of likely N-dealkylation sites (tertiary alicyclic amines) is 2. The predicted octanol–water partition coefficient (Wildman–Crippen LogP) is 2.53. The number of aromatic nitrogens is 1. The predicted molar refractivity (Wildman–Crippen MR) is 105 cm³/mol. The summed E-state index contributed by atoms with van der Waals surface area (Å²) in [5.74, 6) is 1.08. The first kappa shape index (κ1) is 19.3. The van der Waals surface area contributed by atoms with Crippen LogP contribution in [0.1, 0.15) is 45.1 Å². The SMILES string of the molecule is CC(C)CN1CCC(N2CCC[C@@H](C(=O)NCc3cccnc3)C2)CC1. The average Bonchev–Trinajstić information content (AvgIpc) is 2.67. The standard InChI is InChI=1S/C21H34N4O/c1-17(2)15-24-11-7-20(8-12-24)25-10-4-6-19(16-25)21(26)23-14-18-5-3-9-22-13-18/h3,5,9,13,17,19-20H,4,6-8,10-12,14-16H2,1-2H3,(H,23,26)/t19-/m1/s1. The van der Waals surface area contributed by atoms with Crippen LogP contribution in [-0.4, -0.2) is 59.5 Å². The fraction of sp³-hybridized carbons (Fsp3) is 0.714. The number of hydrogen-bond donors (Lipinski definition) is 1. The molecule has 1 amide bonds. The molecule has 1 N–H and O–H groups in total. The molecular weight excluding hydrogens is 324 g/mol. The van der Waals surface area contributed by atoms with Gasteiger partial charge in [-0.05, 0) is 62.9 Å². The number of nitrogens with zero attached hydrogens (tertiary/aromatic N) is 3. The van der Waals surface area contributed by atoms with Gasteiger partial charge in [-0.15, -0.1) is 0 Å². The van der Waals surface area contributed by atoms with Crippen molar-refractivity contribution in [3.05, 3.63) is 30.1 Å². The van der Waals surface area contributed by atoms with Crippen LogP contribution in [0, 0.1) is 11.8 Å². The van der Waals surface area contributed by atoms with Gasteiger partial charge in [0.15, 0.2) is 0 Å². The Bertz CT molecular complexity index is 554. The molecule has 2 fully saturated rings. The van der Waals surface area contributed by atoms with Crippen molar-refractivity contribution in [2.45, 2.75) is 52.1 Å². The van der Waals surface area contributed by atoms with Crippen LogP contribution in [0.15, 0.2) is 24.5 Å². The molecule has 144 valence electrons. The van der Waals surface area contributed by atoms with Gasteiger partial charge in [-0.2, -0.15) is 0 Å². The van der Waals surface area contributed by atoms with Crippen LogP contribution >= 0.6 is 0 Å². The third-order valence-electron chi connectivity index (χ3n) is 5.71. The molecule has 3 heterocycles. The Labute approximate surface area is 158 Å². The van der Waals surface area contributed by atoms with Crippen molar-refractivity contribution in [1.82, 2.24) is 20.1 Å². The Balaban J connectivity index is 1.44. The highest BCUT2D eigenvalue weighted by Crippen LogP contribution is 2.24. The molecule has 0 aromatic carbocycles. The average molecular weight is 359 g/mol. The molecule has 1 aromatic rings. The van der Waals surface area contributed by atoms with Crippen molar-refractivity contribution in [1.29, 1.82) is 0 Å². The highest BCUT2D eigenvalue weighted by molar-refractivity contribution is 5.78. The molecule has 1 aromatic heterocycles. The molecule has 5 heteroatoms. The molecule has 26 heavy (non-hydrogen) atoms. The lowest BCUT2D eigenvalue weighted by Gasteiger charge is -2.42. The Morgan fingerprint density at radius 2 is 2.08 bits per heavy atom. The summed E-state index contributed by atoms with van der Waals surface area (Å²) >= 11 is 0. The van der Waals surface area contributed by atoms with Crippen molar-refractivity contribution >= 4 is 5.91 Å². The van der Waals surface area contributed by atoms with Crippen molar-refractivity contribution in [3.8, 4) is 0 Å². The van der Waals surface area contributed by atoms with E-state index in [1.165, 1.54) is 32.5 Å². The molecule has 0 aliphatic carbocycles. The lowest BCUT2D eigenvalue weighted by atomic mass is 9.93. The molecule has 2 saturated heterocycles. The van der Waals surface area contributed by atoms with Crippen LogP contribution in [0.4, 0.5) is 0 Å². The first-order valence-corrected chi connectivity index (χ1v) is 10.2. The first-order valence-electron chi connectivity index (χ1n) is 10.2. The van der Waals surface area contributed by atoms with Gasteiger partial charge in [0.25, 0.3) is 0 Å². The maximum Gasteiger partial charge on any atom is 0.224 e. The fourth-order valence-electron chi connectivity index (χ4n) is 4.37. The van der Waals surface area contributed by atoms with Crippen molar-refractivity contribution < 1.29 is 4.79 Å². The molecule has 0 radical (unpaired) electrons. The summed E-state index contributed by atoms with van der Waals surface area (Å²) in [7, 11) is 0. The quantitative estimate of drug-likeness (QED) is 0.849. The Kier molecular flexibility index (Phi) is 7.03. The zero-order valence-corrected chi connectivity index (χ0v) is 16.4. The van der Waals surface area contributed by atoms with Gasteiger partial charge in [-0.1, -0.05) is 19.9 Å². The smallest absolute Gasteiger partial charge is 0.224 e. The Morgan fingerprint density at radius 1 is 1.27 bits per heavy atom. The number of rotatable bonds is 6. The van der Waals surface area contributed by atoms with Gasteiger partial charge in [0.2, 0.25) is 5.91 Å². The van der Waals surface area contributed by atoms with Gasteiger partial charge in [0, 0.05) is 38.1 Å². The van der Waals surface area contributed by atoms with E-state index in [0.717, 1.165) is 37.4 Å². The van der Waals surface area contributed by atoms with E-state index in [9.17, 15) is 4.79 Å². The van der Waals surface area contributed by atoms with Crippen LogP contribution in [0.25, 0.3) is 0 Å². The second-order valence-corrected chi connectivity index (χ2v) is 8.34. The van der Waals surface area contributed by atoms with Crippen molar-refractivity contribution in [2.75, 3.05) is 32.7 Å². The summed E-state index contributed by atoms with van der Waals surface area (Å²) < 4.78 is 0. The molecule has 5 nitrogen and oxygen atoms in total. The Morgan fingerprint density at radius 3 is 2.77 bits per heavy atom. The lowest BCUT2D eigenvalue weighted by molar-refractivity contribution is -0.127. The van der Waals surface area contributed by atoms with Gasteiger partial charge < -0.3 is 10.2 Å². The number of amides is 1. The van der Waals surface area contributed by atoms with Crippen molar-refractivity contribution in [2.24, 2.45) is 11.8 Å². The van der Waals surface area contributed by atoms with Crippen LogP contribution in [0.5, 0.6) is 0 Å². The van der Waals surface area contributed by atoms with Crippen LogP contribution in [0.3, 0.4) is 0 Å². The third kappa shape index (κ3) is 5.52. The normalized spacial score (nSPS) is 23.3. The molecular formula is C21H34N4O. The highest BCUT2D eigenvalue weighted by atomic mass is 16.1. The highest BCUT2D eigenvalue weighted by Gasteiger charge is 2.31. The molecule has 0 saturated carbocycles. The minimum Gasteiger partial charge on any atom is -0.352 e. The third-order valence-corrected chi connectivity index (χ3v) is 5.71. The summed E-state index contributed by atoms with van der Waals surface area (Å²) in [6.07, 6.45) is 8.22. The summed E-state index contributed by atoms with van der Waals surface area (Å²) in [5.41, 5.74) is 1.06. The van der Waals surface area contributed by atoms with Crippen molar-refractivity contribution in [3.63, 3.8) is 0 Å². The minimum absolute atomic E-state index is 0.133. The summed E-state index contributed by atoms with van der Waals surface area (Å²) in [6.45, 7) is 10.9. The first-order chi connectivity index (χ1) is 12.6. The van der Waals surface area contributed by atoms with Gasteiger partial charge in [0.1, 0.15) is 0 Å². The van der Waals surface area contributed by atoms with Crippen LogP contribution in [0.2, 0.25) is 0 Å². The molecule has 2 aliphatic heterocycles. The number of carbonyl (C=O) groups excluding carboxylic acids is 1. The number of hydrogen-bond acceptors (Lipinski definition) is 4. The molecule has 0 spiro atoms. The number of nitrogens with one attached hydrogen (secondary N) is 1. The Hall–Kier alpha value is -1.46. The van der Waals surface area contributed by atoms with E-state index in [2.05, 4.69) is 33.9 Å². The topological polar surface area (TPSA) is 48.5 Å². The number of carbonyl (C=O) groups is 1. The van der Waals surface area contributed by atoms with Gasteiger partial charge >= 0.3 is 0 Å². The van der Waals surface area contributed by atoms with E-state index in [1.54, 1.807) is 6.20 Å². The zero-order chi connectivity index (χ0) is 18.4. The maximum atomic E-state index is 12.6. The molecule has 2 aliphatic rings.